The number of thioether (sulfide) groups is 1. The van der Waals surface area contributed by atoms with Gasteiger partial charge in [-0.2, -0.15) is 0 Å². The quantitative estimate of drug-likeness (QED) is 0.282. The van der Waals surface area contributed by atoms with Crippen LogP contribution in [0.3, 0.4) is 0 Å². The van der Waals surface area contributed by atoms with Crippen LogP contribution in [0.4, 0.5) is 11.4 Å². The Labute approximate surface area is 216 Å². The number of carboxylic acids is 2. The number of nitrogens with one attached hydrogen (secondary N) is 2. The summed E-state index contributed by atoms with van der Waals surface area (Å²) in [5.41, 5.74) is 0.0797. The molecule has 3 rings (SSSR count). The molecule has 0 fully saturated rings. The van der Waals surface area contributed by atoms with E-state index >= 15 is 0 Å². The van der Waals surface area contributed by atoms with Crippen LogP contribution < -0.4 is 20.1 Å². The normalized spacial score (nSPS) is 11.2. The number of aromatic carboxylic acids is 2. The zero-order valence-electron chi connectivity index (χ0n) is 20.1. The van der Waals surface area contributed by atoms with Crippen molar-refractivity contribution in [3.05, 3.63) is 77.4 Å². The van der Waals surface area contributed by atoms with Crippen molar-refractivity contribution >= 4 is 46.9 Å². The van der Waals surface area contributed by atoms with Crippen molar-refractivity contribution in [2.45, 2.75) is 17.1 Å². The predicted octanol–water partition coefficient (Wildman–Crippen LogP) is 4.47. The highest BCUT2D eigenvalue weighted by atomic mass is 32.2. The van der Waals surface area contributed by atoms with Gasteiger partial charge in [0.1, 0.15) is 11.5 Å². The summed E-state index contributed by atoms with van der Waals surface area (Å²) in [5.74, 6) is -2.59. The molecule has 0 saturated carbocycles. The van der Waals surface area contributed by atoms with Crippen LogP contribution in [0.2, 0.25) is 0 Å². The fourth-order valence-corrected chi connectivity index (χ4v) is 4.13. The number of amides is 2. The lowest BCUT2D eigenvalue weighted by molar-refractivity contribution is -0.115. The molecule has 0 spiro atoms. The van der Waals surface area contributed by atoms with Crippen LogP contribution in [0.5, 0.6) is 11.5 Å². The Hall–Kier alpha value is -4.51. The van der Waals surface area contributed by atoms with Gasteiger partial charge in [0.05, 0.1) is 41.8 Å². The molecule has 1 atom stereocenters. The Kier molecular flexibility index (Phi) is 8.75. The van der Waals surface area contributed by atoms with E-state index in [9.17, 15) is 24.3 Å². The van der Waals surface area contributed by atoms with Crippen molar-refractivity contribution in [2.24, 2.45) is 0 Å². The fraction of sp³-hybridized carbons (Fsp3) is 0.154. The molecule has 192 valence electrons. The minimum atomic E-state index is -1.42. The smallest absolute Gasteiger partial charge is 0.336 e. The van der Waals surface area contributed by atoms with Crippen molar-refractivity contribution in [1.29, 1.82) is 0 Å². The summed E-state index contributed by atoms with van der Waals surface area (Å²) in [6, 6.07) is 15.0. The van der Waals surface area contributed by atoms with E-state index in [1.165, 1.54) is 26.0 Å². The first-order chi connectivity index (χ1) is 17.6. The molecular formula is C26H24N2O8S. The van der Waals surface area contributed by atoms with E-state index in [4.69, 9.17) is 14.6 Å². The maximum atomic E-state index is 12.7. The second-order valence-corrected chi connectivity index (χ2v) is 9.08. The summed E-state index contributed by atoms with van der Waals surface area (Å²) >= 11 is 1.30. The van der Waals surface area contributed by atoms with Gasteiger partial charge in [-0.05, 0) is 61.5 Å². The predicted molar refractivity (Wildman–Crippen MR) is 138 cm³/mol. The number of hydrogen-bond donors (Lipinski definition) is 4. The van der Waals surface area contributed by atoms with E-state index in [1.807, 2.05) is 0 Å². The first kappa shape index (κ1) is 27.1. The third-order valence-corrected chi connectivity index (χ3v) is 6.31. The summed E-state index contributed by atoms with van der Waals surface area (Å²) in [6.07, 6.45) is 0. The third kappa shape index (κ3) is 6.79. The van der Waals surface area contributed by atoms with Gasteiger partial charge in [-0.15, -0.1) is 11.8 Å². The molecule has 0 aromatic heterocycles. The molecule has 3 aromatic rings. The van der Waals surface area contributed by atoms with Crippen LogP contribution >= 0.6 is 11.8 Å². The highest BCUT2D eigenvalue weighted by molar-refractivity contribution is 8.00. The van der Waals surface area contributed by atoms with Crippen LogP contribution in [0.25, 0.3) is 0 Å². The molecule has 0 aliphatic carbocycles. The number of carbonyl (C=O) groups is 4. The van der Waals surface area contributed by atoms with Gasteiger partial charge in [-0.3, -0.25) is 9.59 Å². The molecule has 0 saturated heterocycles. The van der Waals surface area contributed by atoms with Gasteiger partial charge >= 0.3 is 11.9 Å². The summed E-state index contributed by atoms with van der Waals surface area (Å²) in [7, 11) is 3.03. The Morgan fingerprint density at radius 3 is 2.11 bits per heavy atom. The molecule has 11 heteroatoms. The number of benzene rings is 3. The highest BCUT2D eigenvalue weighted by Crippen LogP contribution is 2.31. The van der Waals surface area contributed by atoms with E-state index in [1.54, 1.807) is 49.4 Å². The molecule has 0 bridgehead atoms. The van der Waals surface area contributed by atoms with Gasteiger partial charge in [0, 0.05) is 16.6 Å². The standard InChI is InChI=1S/C26H24N2O8S/c1-14(23(29)28-21-11-7-17(35-2)13-22(21)36-3)37-18-8-5-16(6-9-18)27-24(30)19-10-4-15(25(31)32)12-20(19)26(33)34/h4-14H,1-3H3,(H,27,30)(H,28,29)(H,31,32)(H,33,34). The third-order valence-electron chi connectivity index (χ3n) is 5.20. The molecule has 4 N–H and O–H groups in total. The largest absolute Gasteiger partial charge is 0.497 e. The number of rotatable bonds is 10. The van der Waals surface area contributed by atoms with Crippen LogP contribution in [-0.2, 0) is 4.79 Å². The summed E-state index contributed by atoms with van der Waals surface area (Å²) in [5, 5.41) is 23.4. The van der Waals surface area contributed by atoms with Gasteiger partial charge in [0.25, 0.3) is 5.91 Å². The average molecular weight is 525 g/mol. The number of carbonyl (C=O) groups excluding carboxylic acids is 2. The van der Waals surface area contributed by atoms with Crippen LogP contribution in [0, 0.1) is 0 Å². The monoisotopic (exact) mass is 524 g/mol. The summed E-state index contributed by atoms with van der Waals surface area (Å²) < 4.78 is 10.5. The maximum absolute atomic E-state index is 12.7. The van der Waals surface area contributed by atoms with Crippen LogP contribution in [0.1, 0.15) is 38.0 Å². The Morgan fingerprint density at radius 1 is 0.811 bits per heavy atom. The van der Waals surface area contributed by atoms with Crippen molar-refractivity contribution in [2.75, 3.05) is 24.9 Å². The Morgan fingerprint density at radius 2 is 1.51 bits per heavy atom. The van der Waals surface area contributed by atoms with Gasteiger partial charge in [-0.25, -0.2) is 9.59 Å². The van der Waals surface area contributed by atoms with Gasteiger partial charge in [0.2, 0.25) is 5.91 Å². The summed E-state index contributed by atoms with van der Waals surface area (Å²) in [6.45, 7) is 1.75. The topological polar surface area (TPSA) is 151 Å². The average Bonchev–Trinajstić information content (AvgIpc) is 2.89. The first-order valence-corrected chi connectivity index (χ1v) is 11.7. The molecule has 0 aliphatic heterocycles. The van der Waals surface area contributed by atoms with E-state index in [2.05, 4.69) is 10.6 Å². The van der Waals surface area contributed by atoms with Crippen molar-refractivity contribution < 1.29 is 38.9 Å². The molecule has 2 amide bonds. The molecule has 0 heterocycles. The van der Waals surface area contributed by atoms with Gasteiger partial charge in [0.15, 0.2) is 0 Å². The number of methoxy groups -OCH3 is 2. The van der Waals surface area contributed by atoms with Gasteiger partial charge < -0.3 is 30.3 Å². The van der Waals surface area contributed by atoms with Gasteiger partial charge in [-0.1, -0.05) is 0 Å². The Balaban J connectivity index is 1.65. The fourth-order valence-electron chi connectivity index (χ4n) is 3.26. The molecule has 3 aromatic carbocycles. The first-order valence-electron chi connectivity index (χ1n) is 10.8. The highest BCUT2D eigenvalue weighted by Gasteiger charge is 2.20. The lowest BCUT2D eigenvalue weighted by atomic mass is 10.0. The molecule has 1 unspecified atom stereocenters. The molecule has 37 heavy (non-hydrogen) atoms. The Bertz CT molecular complexity index is 1340. The van der Waals surface area contributed by atoms with E-state index in [-0.39, 0.29) is 17.0 Å². The minimum absolute atomic E-state index is 0.171. The lowest BCUT2D eigenvalue weighted by Crippen LogP contribution is -2.22. The lowest BCUT2D eigenvalue weighted by Gasteiger charge is -2.15. The van der Waals surface area contributed by atoms with Crippen LogP contribution in [0.15, 0.2) is 65.6 Å². The number of carboxylic acid groups (broad SMARTS) is 2. The van der Waals surface area contributed by atoms with E-state index in [0.29, 0.717) is 22.9 Å². The second-order valence-electron chi connectivity index (χ2n) is 7.66. The van der Waals surface area contributed by atoms with Crippen molar-refractivity contribution in [3.63, 3.8) is 0 Å². The minimum Gasteiger partial charge on any atom is -0.497 e. The number of anilines is 2. The molecular weight excluding hydrogens is 500 g/mol. The molecule has 10 nitrogen and oxygen atoms in total. The van der Waals surface area contributed by atoms with E-state index < -0.39 is 28.7 Å². The molecule has 0 radical (unpaired) electrons. The molecule has 0 aliphatic rings. The zero-order chi connectivity index (χ0) is 27.1. The second kappa shape index (κ2) is 12.0. The maximum Gasteiger partial charge on any atom is 0.336 e. The van der Waals surface area contributed by atoms with Crippen molar-refractivity contribution in [3.8, 4) is 11.5 Å². The SMILES string of the molecule is COc1ccc(NC(=O)C(C)Sc2ccc(NC(=O)c3ccc(C(=O)O)cc3C(=O)O)cc2)c(OC)c1. The zero-order valence-corrected chi connectivity index (χ0v) is 20.9. The van der Waals surface area contributed by atoms with Crippen LogP contribution in [-0.4, -0.2) is 53.4 Å². The van der Waals surface area contributed by atoms with E-state index in [0.717, 1.165) is 23.1 Å². The van der Waals surface area contributed by atoms with Crippen molar-refractivity contribution in [1.82, 2.24) is 0 Å². The summed E-state index contributed by atoms with van der Waals surface area (Å²) in [4.78, 5) is 48.7. The number of ether oxygens (including phenoxy) is 2. The number of hydrogen-bond acceptors (Lipinski definition) is 7.